The van der Waals surface area contributed by atoms with Gasteiger partial charge in [-0.05, 0) is 89.5 Å². The quantitative estimate of drug-likeness (QED) is 0.126. The predicted octanol–water partition coefficient (Wildman–Crippen LogP) is 6.62. The molecule has 6 aromatic carbocycles. The van der Waals surface area contributed by atoms with Crippen molar-refractivity contribution in [3.05, 3.63) is 180 Å². The first-order valence-corrected chi connectivity index (χ1v) is 17.1. The second-order valence-corrected chi connectivity index (χ2v) is 12.1. The second-order valence-electron chi connectivity index (χ2n) is 12.1. The topological polar surface area (TPSA) is 148 Å². The van der Waals surface area contributed by atoms with Crippen molar-refractivity contribution in [1.82, 2.24) is 0 Å². The smallest absolute Gasteiger partial charge is 0.550 e. The van der Waals surface area contributed by atoms with Crippen LogP contribution in [0.15, 0.2) is 164 Å². The SMILES string of the molecule is CC(C(=O)[O-])c1cccc(Oc2ccccc2)c1.CC(C(=O)[O-])c1cccc(Oc2ccccc2)c1.CC(C(=O)[O-])c1cccc(Oc2ccccc2)c1.[Al+3]. The minimum absolute atomic E-state index is 0. The molecule has 0 heterocycles. The van der Waals surface area contributed by atoms with Gasteiger partial charge < -0.3 is 43.9 Å². The standard InChI is InChI=1S/3C15H14O3.Al/c3*1-11(15(16)17)12-6-5-9-14(10-12)18-13-7-3-2-4-8-13;/h3*2-11H,1H3,(H,16,17);/q;;;+3/p-3. The van der Waals surface area contributed by atoms with Crippen LogP contribution in [0.2, 0.25) is 0 Å². The van der Waals surface area contributed by atoms with Crippen molar-refractivity contribution in [2.75, 3.05) is 0 Å². The van der Waals surface area contributed by atoms with Gasteiger partial charge in [0.05, 0.1) is 0 Å². The van der Waals surface area contributed by atoms with E-state index in [0.29, 0.717) is 33.9 Å². The summed E-state index contributed by atoms with van der Waals surface area (Å²) in [6.45, 7) is 4.78. The normalized spacial score (nSPS) is 11.6. The molecule has 0 aliphatic carbocycles. The molecule has 0 aromatic heterocycles. The van der Waals surface area contributed by atoms with Gasteiger partial charge >= 0.3 is 17.4 Å². The fourth-order valence-electron chi connectivity index (χ4n) is 4.82. The third kappa shape index (κ3) is 14.2. The summed E-state index contributed by atoms with van der Waals surface area (Å²) in [4.78, 5) is 32.5. The van der Waals surface area contributed by atoms with Crippen molar-refractivity contribution in [3.63, 3.8) is 0 Å². The predicted molar refractivity (Wildman–Crippen MR) is 205 cm³/mol. The molecule has 10 heteroatoms. The molecule has 0 saturated heterocycles. The Bertz CT molecular complexity index is 1850. The van der Waals surface area contributed by atoms with Gasteiger partial charge in [-0.3, -0.25) is 0 Å². The molecule has 0 aliphatic rings. The zero-order valence-corrected chi connectivity index (χ0v) is 31.7. The Morgan fingerprint density at radius 1 is 0.364 bits per heavy atom. The van der Waals surface area contributed by atoms with Crippen molar-refractivity contribution < 1.29 is 43.9 Å². The Labute approximate surface area is 331 Å². The molecule has 276 valence electrons. The van der Waals surface area contributed by atoms with Crippen LogP contribution in [0.1, 0.15) is 55.2 Å². The minimum Gasteiger partial charge on any atom is -0.550 e. The Morgan fingerprint density at radius 2 is 0.582 bits per heavy atom. The summed E-state index contributed by atoms with van der Waals surface area (Å²) in [5.41, 5.74) is 2.01. The fraction of sp³-hybridized carbons (Fsp3) is 0.133. The molecule has 6 rings (SSSR count). The maximum absolute atomic E-state index is 10.8. The largest absolute Gasteiger partial charge is 3.00 e. The van der Waals surface area contributed by atoms with E-state index >= 15 is 0 Å². The summed E-state index contributed by atoms with van der Waals surface area (Å²) in [5, 5.41) is 32.5. The van der Waals surface area contributed by atoms with E-state index < -0.39 is 35.7 Å². The minimum atomic E-state index is -1.09. The number of hydrogen-bond donors (Lipinski definition) is 0. The summed E-state index contributed by atoms with van der Waals surface area (Å²) >= 11 is 0. The van der Waals surface area contributed by atoms with Gasteiger partial charge in [-0.15, -0.1) is 0 Å². The third-order valence-electron chi connectivity index (χ3n) is 8.07. The van der Waals surface area contributed by atoms with Gasteiger partial charge in [0, 0.05) is 35.7 Å². The maximum Gasteiger partial charge on any atom is 3.00 e. The van der Waals surface area contributed by atoms with Crippen LogP contribution in [0.5, 0.6) is 34.5 Å². The molecular formula is C45H39AlO9. The van der Waals surface area contributed by atoms with Crippen LogP contribution in [-0.4, -0.2) is 35.3 Å². The average molecular weight is 751 g/mol. The molecule has 3 atom stereocenters. The number of benzene rings is 6. The van der Waals surface area contributed by atoms with Crippen LogP contribution in [0.4, 0.5) is 0 Å². The van der Waals surface area contributed by atoms with E-state index in [1.54, 1.807) is 93.6 Å². The van der Waals surface area contributed by atoms with Crippen molar-refractivity contribution in [2.45, 2.75) is 38.5 Å². The molecule has 0 N–H and O–H groups in total. The number of hydrogen-bond acceptors (Lipinski definition) is 9. The summed E-state index contributed by atoms with van der Waals surface area (Å²) in [5.74, 6) is -1.21. The molecule has 0 amide bonds. The molecule has 55 heavy (non-hydrogen) atoms. The molecule has 0 radical (unpaired) electrons. The Kier molecular flexibility index (Phi) is 17.2. The molecule has 0 bridgehead atoms. The Balaban J connectivity index is 0.000000220. The van der Waals surface area contributed by atoms with Crippen LogP contribution in [0, 0.1) is 0 Å². The monoisotopic (exact) mass is 750 g/mol. The van der Waals surface area contributed by atoms with Gasteiger partial charge in [0.2, 0.25) is 0 Å². The summed E-state index contributed by atoms with van der Waals surface area (Å²) in [6.07, 6.45) is 0. The zero-order valence-electron chi connectivity index (χ0n) is 30.6. The van der Waals surface area contributed by atoms with Crippen molar-refractivity contribution >= 4 is 35.3 Å². The molecule has 0 aliphatic heterocycles. The summed E-state index contributed by atoms with van der Waals surface area (Å²) in [6, 6.07) is 49.1. The summed E-state index contributed by atoms with van der Waals surface area (Å²) in [7, 11) is 0. The first kappa shape index (κ1) is 43.1. The number of carbonyl (C=O) groups is 3. The number of carboxylic acid groups (broad SMARTS) is 3. The van der Waals surface area contributed by atoms with Gasteiger partial charge in [-0.2, -0.15) is 0 Å². The fourth-order valence-corrected chi connectivity index (χ4v) is 4.82. The zero-order chi connectivity index (χ0) is 38.9. The first-order chi connectivity index (χ1) is 26.0. The van der Waals surface area contributed by atoms with Gasteiger partial charge in [0.25, 0.3) is 0 Å². The number of ether oxygens (including phenoxy) is 3. The maximum atomic E-state index is 10.8. The Hall–Kier alpha value is -6.34. The van der Waals surface area contributed by atoms with Crippen LogP contribution in [-0.2, 0) is 14.4 Å². The van der Waals surface area contributed by atoms with Gasteiger partial charge in [-0.25, -0.2) is 0 Å². The number of carboxylic acids is 3. The van der Waals surface area contributed by atoms with E-state index in [1.807, 2.05) is 91.0 Å². The van der Waals surface area contributed by atoms with Gasteiger partial charge in [-0.1, -0.05) is 112 Å². The summed E-state index contributed by atoms with van der Waals surface area (Å²) < 4.78 is 16.9. The molecule has 3 unspecified atom stereocenters. The molecule has 0 fully saturated rings. The molecule has 6 aromatic rings. The third-order valence-corrected chi connectivity index (χ3v) is 8.07. The molecule has 9 nitrogen and oxygen atoms in total. The van der Waals surface area contributed by atoms with Crippen LogP contribution < -0.4 is 29.5 Å². The van der Waals surface area contributed by atoms with Gasteiger partial charge in [0.1, 0.15) is 34.5 Å². The van der Waals surface area contributed by atoms with Crippen molar-refractivity contribution in [1.29, 1.82) is 0 Å². The number of para-hydroxylation sites is 3. The van der Waals surface area contributed by atoms with E-state index in [4.69, 9.17) is 14.2 Å². The van der Waals surface area contributed by atoms with Gasteiger partial charge in [0.15, 0.2) is 0 Å². The molecular weight excluding hydrogens is 711 g/mol. The molecule has 0 spiro atoms. The van der Waals surface area contributed by atoms with E-state index in [2.05, 4.69) is 0 Å². The van der Waals surface area contributed by atoms with Crippen molar-refractivity contribution in [2.24, 2.45) is 0 Å². The van der Waals surface area contributed by atoms with E-state index in [0.717, 1.165) is 17.2 Å². The van der Waals surface area contributed by atoms with Crippen LogP contribution in [0.25, 0.3) is 0 Å². The average Bonchev–Trinajstić information content (AvgIpc) is 3.19. The molecule has 0 saturated carbocycles. The van der Waals surface area contributed by atoms with E-state index in [1.165, 1.54) is 0 Å². The van der Waals surface area contributed by atoms with E-state index in [-0.39, 0.29) is 17.4 Å². The Morgan fingerprint density at radius 3 is 0.800 bits per heavy atom. The number of aliphatic carboxylic acids is 3. The van der Waals surface area contributed by atoms with Crippen LogP contribution in [0.3, 0.4) is 0 Å². The first-order valence-electron chi connectivity index (χ1n) is 17.1. The van der Waals surface area contributed by atoms with E-state index in [9.17, 15) is 29.7 Å². The second kappa shape index (κ2) is 22.0. The van der Waals surface area contributed by atoms with Crippen LogP contribution >= 0.6 is 0 Å². The van der Waals surface area contributed by atoms with Crippen molar-refractivity contribution in [3.8, 4) is 34.5 Å². The number of rotatable bonds is 12. The number of carbonyl (C=O) groups excluding carboxylic acids is 3.